The van der Waals surface area contributed by atoms with Crippen molar-refractivity contribution in [3.05, 3.63) is 65.5 Å². The van der Waals surface area contributed by atoms with Gasteiger partial charge in [-0.2, -0.15) is 0 Å². The molecule has 2 aromatic carbocycles. The van der Waals surface area contributed by atoms with Gasteiger partial charge in [0.15, 0.2) is 0 Å². The molecule has 162 valence electrons. The number of urea groups is 1. The quantitative estimate of drug-likeness (QED) is 0.699. The van der Waals surface area contributed by atoms with Crippen LogP contribution in [0.25, 0.3) is 0 Å². The molecule has 1 unspecified atom stereocenters. The molecule has 2 fully saturated rings. The lowest BCUT2D eigenvalue weighted by Crippen LogP contribution is -2.43. The molecule has 2 saturated heterocycles. The molecule has 0 radical (unpaired) electrons. The Kier molecular flexibility index (Phi) is 5.63. The first-order chi connectivity index (χ1) is 14.9. The minimum atomic E-state index is -1.34. The first-order valence-electron chi connectivity index (χ1n) is 10.4. The number of rotatable bonds is 6. The Morgan fingerprint density at radius 3 is 2.48 bits per heavy atom. The number of halogens is 1. The van der Waals surface area contributed by atoms with Crippen molar-refractivity contribution in [1.29, 1.82) is 0 Å². The third-order valence-corrected chi connectivity index (χ3v) is 5.91. The summed E-state index contributed by atoms with van der Waals surface area (Å²) in [5.41, 5.74) is 1.20. The highest BCUT2D eigenvalue weighted by Gasteiger charge is 2.49. The average molecular weight is 424 g/mol. The number of hydrogen-bond donors (Lipinski definition) is 2. The maximum absolute atomic E-state index is 13.2. The highest BCUT2D eigenvalue weighted by Crippen LogP contribution is 2.29. The fourth-order valence-electron chi connectivity index (χ4n) is 4.14. The van der Waals surface area contributed by atoms with Gasteiger partial charge in [-0.25, -0.2) is 9.18 Å². The van der Waals surface area contributed by atoms with E-state index in [9.17, 15) is 18.8 Å². The SMILES string of the molecule is CC1(c2ccc(F)cc2)NC(=O)N(CC(=O)NCc2ccccc2N2CCCC2)C1=O. The lowest BCUT2D eigenvalue weighted by Gasteiger charge is -2.22. The second-order valence-electron chi connectivity index (χ2n) is 8.05. The molecule has 0 spiro atoms. The summed E-state index contributed by atoms with van der Waals surface area (Å²) in [4.78, 5) is 41.1. The fraction of sp³-hybridized carbons (Fsp3) is 0.348. The zero-order chi connectivity index (χ0) is 22.0. The van der Waals surface area contributed by atoms with Crippen LogP contribution in [-0.2, 0) is 21.7 Å². The number of anilines is 1. The Hall–Kier alpha value is -3.42. The third-order valence-electron chi connectivity index (χ3n) is 5.91. The number of para-hydroxylation sites is 1. The Labute approximate surface area is 180 Å². The Morgan fingerprint density at radius 2 is 1.77 bits per heavy atom. The molecule has 0 aromatic heterocycles. The summed E-state index contributed by atoms with van der Waals surface area (Å²) in [6.07, 6.45) is 2.30. The number of nitrogens with one attached hydrogen (secondary N) is 2. The largest absolute Gasteiger partial charge is 0.371 e. The van der Waals surface area contributed by atoms with E-state index in [1.807, 2.05) is 24.3 Å². The van der Waals surface area contributed by atoms with Crippen molar-refractivity contribution < 1.29 is 18.8 Å². The summed E-state index contributed by atoms with van der Waals surface area (Å²) in [5.74, 6) is -1.41. The zero-order valence-electron chi connectivity index (χ0n) is 17.4. The molecule has 7 nitrogen and oxygen atoms in total. The number of nitrogens with zero attached hydrogens (tertiary/aromatic N) is 2. The van der Waals surface area contributed by atoms with Crippen molar-refractivity contribution in [2.45, 2.75) is 31.8 Å². The van der Waals surface area contributed by atoms with Crippen LogP contribution in [0.5, 0.6) is 0 Å². The molecule has 0 bridgehead atoms. The molecule has 4 amide bonds. The number of benzene rings is 2. The summed E-state index contributed by atoms with van der Waals surface area (Å²) in [6, 6.07) is 12.6. The van der Waals surface area contributed by atoms with Crippen molar-refractivity contribution in [2.24, 2.45) is 0 Å². The summed E-state index contributed by atoms with van der Waals surface area (Å²) in [7, 11) is 0. The highest BCUT2D eigenvalue weighted by molar-refractivity contribution is 6.09. The van der Waals surface area contributed by atoms with Gasteiger partial charge in [-0.15, -0.1) is 0 Å². The van der Waals surface area contributed by atoms with Crippen LogP contribution in [0.3, 0.4) is 0 Å². The fourth-order valence-corrected chi connectivity index (χ4v) is 4.14. The Morgan fingerprint density at radius 1 is 1.10 bits per heavy atom. The molecule has 8 heteroatoms. The van der Waals surface area contributed by atoms with E-state index in [2.05, 4.69) is 15.5 Å². The van der Waals surface area contributed by atoms with Crippen LogP contribution in [0.1, 0.15) is 30.9 Å². The van der Waals surface area contributed by atoms with Crippen LogP contribution in [0, 0.1) is 5.82 Å². The smallest absolute Gasteiger partial charge is 0.325 e. The predicted octanol–water partition coefficient (Wildman–Crippen LogP) is 2.51. The zero-order valence-corrected chi connectivity index (χ0v) is 17.4. The highest BCUT2D eigenvalue weighted by atomic mass is 19.1. The van der Waals surface area contributed by atoms with Crippen LogP contribution >= 0.6 is 0 Å². The predicted molar refractivity (Wildman–Crippen MR) is 114 cm³/mol. The molecular weight excluding hydrogens is 399 g/mol. The number of carbonyl (C=O) groups is 3. The second kappa shape index (κ2) is 8.37. The normalized spacial score (nSPS) is 20.8. The summed E-state index contributed by atoms with van der Waals surface area (Å²) in [5, 5.41) is 5.44. The molecule has 1 atom stereocenters. The number of imide groups is 1. The van der Waals surface area contributed by atoms with E-state index in [-0.39, 0.29) is 6.54 Å². The molecule has 0 saturated carbocycles. The average Bonchev–Trinajstić information content (AvgIpc) is 3.37. The molecule has 2 aliphatic heterocycles. The summed E-state index contributed by atoms with van der Waals surface area (Å²) >= 11 is 0. The van der Waals surface area contributed by atoms with E-state index >= 15 is 0 Å². The molecule has 2 aliphatic rings. The first kappa shape index (κ1) is 20.8. The lowest BCUT2D eigenvalue weighted by atomic mass is 9.92. The summed E-state index contributed by atoms with van der Waals surface area (Å²) in [6.45, 7) is 3.47. The monoisotopic (exact) mass is 424 g/mol. The van der Waals surface area contributed by atoms with Crippen LogP contribution < -0.4 is 15.5 Å². The van der Waals surface area contributed by atoms with E-state index in [4.69, 9.17) is 0 Å². The Balaban J connectivity index is 1.41. The minimum Gasteiger partial charge on any atom is -0.371 e. The van der Waals surface area contributed by atoms with Gasteiger partial charge in [-0.1, -0.05) is 30.3 Å². The van der Waals surface area contributed by atoms with Crippen molar-refractivity contribution in [1.82, 2.24) is 15.5 Å². The molecule has 2 aromatic rings. The van der Waals surface area contributed by atoms with Gasteiger partial charge in [0.2, 0.25) is 5.91 Å². The van der Waals surface area contributed by atoms with Crippen molar-refractivity contribution in [3.8, 4) is 0 Å². The molecule has 2 heterocycles. The first-order valence-corrected chi connectivity index (χ1v) is 10.4. The van der Waals surface area contributed by atoms with Gasteiger partial charge >= 0.3 is 6.03 Å². The topological polar surface area (TPSA) is 81.8 Å². The van der Waals surface area contributed by atoms with Gasteiger partial charge in [0.05, 0.1) is 0 Å². The van der Waals surface area contributed by atoms with Gasteiger partial charge in [0, 0.05) is 25.3 Å². The second-order valence-corrected chi connectivity index (χ2v) is 8.05. The maximum atomic E-state index is 13.2. The van der Waals surface area contributed by atoms with Crippen LogP contribution in [-0.4, -0.2) is 42.4 Å². The minimum absolute atomic E-state index is 0.310. The van der Waals surface area contributed by atoms with E-state index in [1.165, 1.54) is 24.3 Å². The van der Waals surface area contributed by atoms with Crippen molar-refractivity contribution >= 4 is 23.5 Å². The Bertz CT molecular complexity index is 1000. The van der Waals surface area contributed by atoms with Crippen LogP contribution in [0.2, 0.25) is 0 Å². The maximum Gasteiger partial charge on any atom is 0.325 e. The van der Waals surface area contributed by atoms with Gasteiger partial charge in [0.25, 0.3) is 5.91 Å². The number of amides is 4. The van der Waals surface area contributed by atoms with Gasteiger partial charge < -0.3 is 15.5 Å². The lowest BCUT2D eigenvalue weighted by molar-refractivity contribution is -0.134. The van der Waals surface area contributed by atoms with E-state index in [0.717, 1.165) is 42.1 Å². The van der Waals surface area contributed by atoms with Crippen molar-refractivity contribution in [3.63, 3.8) is 0 Å². The number of carbonyl (C=O) groups excluding carboxylic acids is 3. The van der Waals surface area contributed by atoms with Gasteiger partial charge in [-0.3, -0.25) is 14.5 Å². The van der Waals surface area contributed by atoms with E-state index in [0.29, 0.717) is 12.1 Å². The van der Waals surface area contributed by atoms with Crippen molar-refractivity contribution in [2.75, 3.05) is 24.5 Å². The number of hydrogen-bond acceptors (Lipinski definition) is 4. The molecule has 0 aliphatic carbocycles. The molecule has 2 N–H and O–H groups in total. The van der Waals surface area contributed by atoms with Gasteiger partial charge in [-0.05, 0) is 49.1 Å². The molecule has 4 rings (SSSR count). The van der Waals surface area contributed by atoms with Gasteiger partial charge in [0.1, 0.15) is 17.9 Å². The van der Waals surface area contributed by atoms with Crippen LogP contribution in [0.4, 0.5) is 14.9 Å². The molecule has 31 heavy (non-hydrogen) atoms. The van der Waals surface area contributed by atoms with E-state index < -0.39 is 29.2 Å². The standard InChI is InChI=1S/C23H25FN4O3/c1-23(17-8-10-18(24)11-9-17)21(30)28(22(31)26-23)15-20(29)25-14-16-6-2-3-7-19(16)27-12-4-5-13-27/h2-3,6-11H,4-5,12-15H2,1H3,(H,25,29)(H,26,31). The third kappa shape index (κ3) is 4.10. The molecular formula is C23H25FN4O3. The van der Waals surface area contributed by atoms with E-state index in [1.54, 1.807) is 6.92 Å². The van der Waals surface area contributed by atoms with Crippen LogP contribution in [0.15, 0.2) is 48.5 Å². The summed E-state index contributed by atoms with van der Waals surface area (Å²) < 4.78 is 13.2.